The van der Waals surface area contributed by atoms with Gasteiger partial charge in [-0.2, -0.15) is 0 Å². The Morgan fingerprint density at radius 3 is 2.31 bits per heavy atom. The molecule has 39 heavy (non-hydrogen) atoms. The van der Waals surface area contributed by atoms with Gasteiger partial charge in [0.1, 0.15) is 12.1 Å². The molecule has 1 aromatic heterocycles. The van der Waals surface area contributed by atoms with Crippen molar-refractivity contribution in [2.75, 3.05) is 62.2 Å². The van der Waals surface area contributed by atoms with Crippen molar-refractivity contribution in [3.63, 3.8) is 0 Å². The van der Waals surface area contributed by atoms with Crippen molar-refractivity contribution in [3.8, 4) is 0 Å². The number of hydrogen-bond donors (Lipinski definition) is 1. The fourth-order valence-corrected chi connectivity index (χ4v) is 6.37. The van der Waals surface area contributed by atoms with E-state index in [2.05, 4.69) is 92.6 Å². The Morgan fingerprint density at radius 1 is 0.846 bits per heavy atom. The molecule has 2 aromatic carbocycles. The molecule has 8 nitrogen and oxygen atoms in total. The van der Waals surface area contributed by atoms with E-state index < -0.39 is 0 Å². The van der Waals surface area contributed by atoms with Gasteiger partial charge in [0.05, 0.1) is 12.6 Å². The van der Waals surface area contributed by atoms with Crippen molar-refractivity contribution in [2.45, 2.75) is 50.2 Å². The topological polar surface area (TPSA) is 60.0 Å². The molecule has 0 spiro atoms. The molecule has 3 saturated heterocycles. The Labute approximate surface area is 232 Å². The maximum absolute atomic E-state index is 5.96. The molecule has 8 heteroatoms. The Morgan fingerprint density at radius 2 is 1.59 bits per heavy atom. The van der Waals surface area contributed by atoms with Crippen LogP contribution in [-0.4, -0.2) is 78.7 Å². The lowest BCUT2D eigenvalue weighted by molar-refractivity contribution is 0.0961. The normalized spacial score (nSPS) is 21.6. The molecular formula is C31H41N7O. The minimum atomic E-state index is 0.155. The van der Waals surface area contributed by atoms with Gasteiger partial charge in [-0.05, 0) is 82.7 Å². The summed E-state index contributed by atoms with van der Waals surface area (Å²) in [6.45, 7) is 5.42. The molecule has 3 aliphatic rings. The highest BCUT2D eigenvalue weighted by molar-refractivity contribution is 5.62. The second-order valence-electron chi connectivity index (χ2n) is 11.3. The maximum Gasteiger partial charge on any atom is 0.158 e. The number of hydroxylamine groups is 1. The molecule has 3 fully saturated rings. The number of rotatable bonds is 7. The third kappa shape index (κ3) is 6.03. The molecule has 3 aliphatic heterocycles. The van der Waals surface area contributed by atoms with Crippen molar-refractivity contribution in [1.82, 2.24) is 19.8 Å². The van der Waals surface area contributed by atoms with Gasteiger partial charge >= 0.3 is 0 Å². The first-order valence-corrected chi connectivity index (χ1v) is 14.5. The fourth-order valence-electron chi connectivity index (χ4n) is 6.37. The Balaban J connectivity index is 1.03. The summed E-state index contributed by atoms with van der Waals surface area (Å²) in [7, 11) is 4.43. The first-order valence-electron chi connectivity index (χ1n) is 14.5. The van der Waals surface area contributed by atoms with E-state index in [1.54, 1.807) is 6.33 Å². The summed E-state index contributed by atoms with van der Waals surface area (Å²) >= 11 is 0. The monoisotopic (exact) mass is 527 g/mol. The highest BCUT2D eigenvalue weighted by Crippen LogP contribution is 2.34. The standard InChI is InChI=1S/C31H41N7O/c1-35(2)26-12-17-37(18-13-26)28-14-19-36(20-15-28)27-10-8-25(9-11-27)34-30-22-31(33-23-32-30)38-29(16-21-39-38)24-6-4-3-5-7-24/h3-11,22-23,26,28-29H,12-21H2,1-2H3,(H,32,33,34)/t29-/m1/s1. The summed E-state index contributed by atoms with van der Waals surface area (Å²) in [5, 5.41) is 5.37. The van der Waals surface area contributed by atoms with Gasteiger partial charge in [0, 0.05) is 49.0 Å². The zero-order valence-corrected chi connectivity index (χ0v) is 23.2. The van der Waals surface area contributed by atoms with Crippen LogP contribution in [0.4, 0.5) is 23.0 Å². The summed E-state index contributed by atoms with van der Waals surface area (Å²) in [5.74, 6) is 1.53. The molecule has 0 radical (unpaired) electrons. The van der Waals surface area contributed by atoms with Crippen LogP contribution < -0.4 is 15.3 Å². The quantitative estimate of drug-likeness (QED) is 0.456. The van der Waals surface area contributed by atoms with Gasteiger partial charge in [0.15, 0.2) is 5.82 Å². The molecule has 0 bridgehead atoms. The molecule has 0 amide bonds. The zero-order valence-electron chi connectivity index (χ0n) is 23.2. The van der Waals surface area contributed by atoms with Gasteiger partial charge in [-0.3, -0.25) is 4.84 Å². The van der Waals surface area contributed by atoms with Gasteiger partial charge in [-0.25, -0.2) is 15.0 Å². The van der Waals surface area contributed by atoms with Crippen LogP contribution in [0.3, 0.4) is 0 Å². The van der Waals surface area contributed by atoms with E-state index >= 15 is 0 Å². The number of aromatic nitrogens is 2. The Bertz CT molecular complexity index is 1190. The Kier molecular flexibility index (Phi) is 7.95. The van der Waals surface area contributed by atoms with Crippen LogP contribution in [-0.2, 0) is 4.84 Å². The average Bonchev–Trinajstić information content (AvgIpc) is 3.49. The number of benzene rings is 2. The van der Waals surface area contributed by atoms with Crippen LogP contribution >= 0.6 is 0 Å². The highest BCUT2D eigenvalue weighted by atomic mass is 16.7. The molecule has 206 valence electrons. The largest absolute Gasteiger partial charge is 0.371 e. The van der Waals surface area contributed by atoms with Crippen LogP contribution in [0.25, 0.3) is 0 Å². The van der Waals surface area contributed by atoms with E-state index in [-0.39, 0.29) is 6.04 Å². The first kappa shape index (κ1) is 26.0. The van der Waals surface area contributed by atoms with Gasteiger partial charge in [0.2, 0.25) is 0 Å². The minimum absolute atomic E-state index is 0.155. The molecule has 1 atom stereocenters. The number of anilines is 4. The lowest BCUT2D eigenvalue weighted by Crippen LogP contribution is -2.50. The SMILES string of the molecule is CN(C)C1CCN(C2CCN(c3ccc(Nc4cc(N5OCC[C@@H]5c5ccccc5)ncn4)cc3)CC2)CC1. The molecule has 4 heterocycles. The van der Waals surface area contributed by atoms with Crippen molar-refractivity contribution >= 4 is 23.0 Å². The summed E-state index contributed by atoms with van der Waals surface area (Å²) in [5.41, 5.74) is 3.55. The van der Waals surface area contributed by atoms with E-state index in [0.29, 0.717) is 6.61 Å². The second kappa shape index (κ2) is 11.9. The van der Waals surface area contributed by atoms with Gasteiger partial charge in [-0.1, -0.05) is 30.3 Å². The van der Waals surface area contributed by atoms with E-state index in [4.69, 9.17) is 4.84 Å². The predicted octanol–water partition coefficient (Wildman–Crippen LogP) is 5.10. The van der Waals surface area contributed by atoms with Crippen LogP contribution in [0.15, 0.2) is 67.0 Å². The van der Waals surface area contributed by atoms with Gasteiger partial charge in [-0.15, -0.1) is 0 Å². The number of nitrogens with zero attached hydrogens (tertiary/aromatic N) is 6. The molecular weight excluding hydrogens is 486 g/mol. The van der Waals surface area contributed by atoms with Crippen LogP contribution in [0.5, 0.6) is 0 Å². The third-order valence-corrected chi connectivity index (χ3v) is 8.68. The molecule has 0 saturated carbocycles. The van der Waals surface area contributed by atoms with Gasteiger partial charge < -0.3 is 20.0 Å². The molecule has 0 unspecified atom stereocenters. The fraction of sp³-hybridized carbons (Fsp3) is 0.484. The van der Waals surface area contributed by atoms with E-state index in [1.165, 1.54) is 50.0 Å². The molecule has 6 rings (SSSR count). The van der Waals surface area contributed by atoms with Crippen LogP contribution in [0.1, 0.15) is 43.7 Å². The number of nitrogens with one attached hydrogen (secondary N) is 1. The predicted molar refractivity (Wildman–Crippen MR) is 158 cm³/mol. The maximum atomic E-state index is 5.96. The summed E-state index contributed by atoms with van der Waals surface area (Å²) < 4.78 is 0. The smallest absolute Gasteiger partial charge is 0.158 e. The van der Waals surface area contributed by atoms with Crippen molar-refractivity contribution in [2.24, 2.45) is 0 Å². The number of piperidine rings is 2. The lowest BCUT2D eigenvalue weighted by Gasteiger charge is -2.43. The summed E-state index contributed by atoms with van der Waals surface area (Å²) in [4.78, 5) is 22.6. The summed E-state index contributed by atoms with van der Waals surface area (Å²) in [6, 6.07) is 22.8. The van der Waals surface area contributed by atoms with E-state index in [9.17, 15) is 0 Å². The van der Waals surface area contributed by atoms with Crippen molar-refractivity contribution in [3.05, 3.63) is 72.6 Å². The molecule has 0 aliphatic carbocycles. The van der Waals surface area contributed by atoms with Crippen molar-refractivity contribution in [1.29, 1.82) is 0 Å². The number of hydrogen-bond acceptors (Lipinski definition) is 8. The Hall–Kier alpha value is -3.20. The van der Waals surface area contributed by atoms with E-state index in [0.717, 1.165) is 48.9 Å². The van der Waals surface area contributed by atoms with Gasteiger partial charge in [0.25, 0.3) is 0 Å². The third-order valence-electron chi connectivity index (χ3n) is 8.68. The first-order chi connectivity index (χ1) is 19.1. The van der Waals surface area contributed by atoms with Crippen LogP contribution in [0.2, 0.25) is 0 Å². The number of likely N-dealkylation sites (tertiary alicyclic amines) is 1. The highest BCUT2D eigenvalue weighted by Gasteiger charge is 2.30. The lowest BCUT2D eigenvalue weighted by atomic mass is 9.97. The van der Waals surface area contributed by atoms with Crippen molar-refractivity contribution < 1.29 is 4.84 Å². The molecule has 1 N–H and O–H groups in total. The minimum Gasteiger partial charge on any atom is -0.371 e. The molecule has 3 aromatic rings. The zero-order chi connectivity index (χ0) is 26.6. The van der Waals surface area contributed by atoms with Crippen LogP contribution in [0, 0.1) is 0 Å². The summed E-state index contributed by atoms with van der Waals surface area (Å²) in [6.07, 6.45) is 7.63. The average molecular weight is 528 g/mol. The second-order valence-corrected chi connectivity index (χ2v) is 11.3. The van der Waals surface area contributed by atoms with E-state index in [1.807, 2.05) is 17.2 Å².